The number of oxime groups is 1. The van der Waals surface area contributed by atoms with Gasteiger partial charge in [-0.3, -0.25) is 25.0 Å². The van der Waals surface area contributed by atoms with E-state index in [0.29, 0.717) is 24.0 Å². The van der Waals surface area contributed by atoms with Gasteiger partial charge < -0.3 is 4.84 Å². The van der Waals surface area contributed by atoms with Crippen molar-refractivity contribution in [3.63, 3.8) is 0 Å². The van der Waals surface area contributed by atoms with Crippen molar-refractivity contribution in [2.75, 3.05) is 0 Å². The van der Waals surface area contributed by atoms with Crippen LogP contribution in [0.2, 0.25) is 0 Å². The molecule has 1 atom stereocenters. The van der Waals surface area contributed by atoms with E-state index in [2.05, 4.69) is 5.16 Å². The molecule has 0 aliphatic heterocycles. The third-order valence-electron chi connectivity index (χ3n) is 6.77. The first kappa shape index (κ1) is 27.6. The Kier molecular flexibility index (Phi) is 9.59. The van der Waals surface area contributed by atoms with Gasteiger partial charge in [0.05, 0.1) is 27.4 Å². The number of Topliss-reactive ketones (excluding diaryl/α,β-unsaturated/α-hetero) is 1. The molecular weight excluding hydrogens is 478 g/mol. The molecule has 2 aromatic rings. The van der Waals surface area contributed by atoms with Gasteiger partial charge in [-0.15, -0.1) is 0 Å². The van der Waals surface area contributed by atoms with Gasteiger partial charge in [-0.2, -0.15) is 0 Å². The van der Waals surface area contributed by atoms with E-state index in [1.165, 1.54) is 24.3 Å². The number of carbonyl (C=O) groups excluding carboxylic acids is 2. The standard InChI is InChI=1S/C27H31N3O7/c1-3-8-18(4-2)25(28-37-27(32)21-9-6-5-7-10-21)26(31)20-13-11-19(12-14-20)23-16-15-22(29(33)34)17-24(23)30(35)36/h11-18,21H,3-10H2,1-2H3/b28-25-. The molecule has 0 bridgehead atoms. The van der Waals surface area contributed by atoms with E-state index in [9.17, 15) is 29.8 Å². The van der Waals surface area contributed by atoms with E-state index in [0.717, 1.165) is 44.6 Å². The summed E-state index contributed by atoms with van der Waals surface area (Å²) in [5.41, 5.74) is 0.327. The molecule has 10 heteroatoms. The highest BCUT2D eigenvalue weighted by Crippen LogP contribution is 2.33. The van der Waals surface area contributed by atoms with Crippen LogP contribution in [0.25, 0.3) is 11.1 Å². The van der Waals surface area contributed by atoms with Crippen molar-refractivity contribution in [1.29, 1.82) is 0 Å². The van der Waals surface area contributed by atoms with E-state index >= 15 is 0 Å². The fourth-order valence-electron chi connectivity index (χ4n) is 4.67. The predicted molar refractivity (Wildman–Crippen MR) is 138 cm³/mol. The Morgan fingerprint density at radius 3 is 2.24 bits per heavy atom. The van der Waals surface area contributed by atoms with Crippen LogP contribution in [-0.2, 0) is 9.63 Å². The third kappa shape index (κ3) is 6.84. The molecule has 0 heterocycles. The quantitative estimate of drug-likeness (QED) is 0.108. The smallest absolute Gasteiger partial charge is 0.318 e. The van der Waals surface area contributed by atoms with Crippen molar-refractivity contribution in [3.8, 4) is 11.1 Å². The molecule has 0 radical (unpaired) electrons. The second kappa shape index (κ2) is 12.8. The first-order valence-electron chi connectivity index (χ1n) is 12.6. The predicted octanol–water partition coefficient (Wildman–Crippen LogP) is 6.66. The van der Waals surface area contributed by atoms with Gasteiger partial charge in [-0.25, -0.2) is 4.79 Å². The third-order valence-corrected chi connectivity index (χ3v) is 6.77. The number of nitrogens with zero attached hydrogens (tertiary/aromatic N) is 3. The molecule has 37 heavy (non-hydrogen) atoms. The van der Waals surface area contributed by atoms with Crippen LogP contribution >= 0.6 is 0 Å². The lowest BCUT2D eigenvalue weighted by molar-refractivity contribution is -0.393. The highest BCUT2D eigenvalue weighted by atomic mass is 16.7. The van der Waals surface area contributed by atoms with E-state index in [4.69, 9.17) is 4.84 Å². The fraction of sp³-hybridized carbons (Fsp3) is 0.444. The molecule has 0 spiro atoms. The summed E-state index contributed by atoms with van der Waals surface area (Å²) in [5.74, 6) is -1.16. The van der Waals surface area contributed by atoms with E-state index in [1.807, 2.05) is 13.8 Å². The van der Waals surface area contributed by atoms with Gasteiger partial charge in [0.15, 0.2) is 0 Å². The number of carbonyl (C=O) groups is 2. The number of rotatable bonds is 11. The summed E-state index contributed by atoms with van der Waals surface area (Å²) >= 11 is 0. The summed E-state index contributed by atoms with van der Waals surface area (Å²) < 4.78 is 0. The topological polar surface area (TPSA) is 142 Å². The summed E-state index contributed by atoms with van der Waals surface area (Å²) in [4.78, 5) is 52.4. The number of ketones is 1. The molecule has 196 valence electrons. The van der Waals surface area contributed by atoms with Gasteiger partial charge in [-0.1, -0.05) is 69.0 Å². The molecule has 1 aliphatic carbocycles. The zero-order valence-corrected chi connectivity index (χ0v) is 21.1. The molecule has 0 N–H and O–H groups in total. The summed E-state index contributed by atoms with van der Waals surface area (Å²) in [6.07, 6.45) is 6.75. The lowest BCUT2D eigenvalue weighted by Gasteiger charge is -2.19. The van der Waals surface area contributed by atoms with Crippen molar-refractivity contribution in [3.05, 3.63) is 68.3 Å². The number of hydrogen-bond acceptors (Lipinski definition) is 8. The largest absolute Gasteiger partial charge is 0.338 e. The summed E-state index contributed by atoms with van der Waals surface area (Å²) in [7, 11) is 0. The molecule has 0 aromatic heterocycles. The zero-order valence-electron chi connectivity index (χ0n) is 21.1. The van der Waals surface area contributed by atoms with Crippen molar-refractivity contribution in [1.82, 2.24) is 0 Å². The second-order valence-corrected chi connectivity index (χ2v) is 9.24. The summed E-state index contributed by atoms with van der Waals surface area (Å²) in [6, 6.07) is 9.58. The minimum atomic E-state index is -0.694. The van der Waals surface area contributed by atoms with Crippen LogP contribution in [-0.4, -0.2) is 27.3 Å². The molecule has 1 aliphatic rings. The highest BCUT2D eigenvalue weighted by molar-refractivity contribution is 6.46. The van der Waals surface area contributed by atoms with Gasteiger partial charge in [0, 0.05) is 17.5 Å². The molecule has 2 aromatic carbocycles. The minimum Gasteiger partial charge on any atom is -0.318 e. The van der Waals surface area contributed by atoms with Crippen molar-refractivity contribution in [2.45, 2.75) is 65.2 Å². The van der Waals surface area contributed by atoms with Crippen LogP contribution in [0.15, 0.2) is 47.6 Å². The normalized spacial score (nSPS) is 15.1. The molecule has 1 fully saturated rings. The van der Waals surface area contributed by atoms with Crippen molar-refractivity contribution < 1.29 is 24.3 Å². The monoisotopic (exact) mass is 509 g/mol. The zero-order chi connectivity index (χ0) is 26.9. The molecule has 10 nitrogen and oxygen atoms in total. The van der Waals surface area contributed by atoms with Gasteiger partial charge in [-0.05, 0) is 37.3 Å². The van der Waals surface area contributed by atoms with Gasteiger partial charge in [0.25, 0.3) is 11.4 Å². The maximum atomic E-state index is 13.4. The van der Waals surface area contributed by atoms with E-state index < -0.39 is 21.5 Å². The summed E-state index contributed by atoms with van der Waals surface area (Å²) in [6.45, 7) is 3.95. The van der Waals surface area contributed by atoms with Crippen LogP contribution in [0.4, 0.5) is 11.4 Å². The lowest BCUT2D eigenvalue weighted by Crippen LogP contribution is -2.26. The van der Waals surface area contributed by atoms with Gasteiger partial charge >= 0.3 is 5.97 Å². The summed E-state index contributed by atoms with van der Waals surface area (Å²) in [5, 5.41) is 26.6. The Balaban J connectivity index is 1.89. The van der Waals surface area contributed by atoms with Crippen molar-refractivity contribution >= 4 is 28.8 Å². The molecule has 0 amide bonds. The SMILES string of the molecule is CCCC(CC)/C(=N/OC(=O)C1CCCCC1)C(=O)c1ccc(-c2ccc([N+](=O)[O-])cc2[N+](=O)[O-])cc1. The maximum absolute atomic E-state index is 13.4. The number of nitro benzene ring substituents is 2. The number of nitro groups is 2. The van der Waals surface area contributed by atoms with Crippen LogP contribution in [0.1, 0.15) is 75.6 Å². The second-order valence-electron chi connectivity index (χ2n) is 9.24. The molecule has 3 rings (SSSR count). The Bertz CT molecular complexity index is 1180. The first-order chi connectivity index (χ1) is 17.8. The Morgan fingerprint density at radius 2 is 1.68 bits per heavy atom. The number of non-ortho nitro benzene ring substituents is 1. The molecular formula is C27H31N3O7. The highest BCUT2D eigenvalue weighted by Gasteiger charge is 2.27. The van der Waals surface area contributed by atoms with Crippen LogP contribution in [0, 0.1) is 32.1 Å². The Morgan fingerprint density at radius 1 is 1.00 bits per heavy atom. The average Bonchev–Trinajstić information content (AvgIpc) is 2.92. The van der Waals surface area contributed by atoms with Crippen molar-refractivity contribution in [2.24, 2.45) is 17.0 Å². The van der Waals surface area contributed by atoms with Crippen LogP contribution in [0.3, 0.4) is 0 Å². The van der Waals surface area contributed by atoms with E-state index in [-0.39, 0.29) is 34.6 Å². The average molecular weight is 510 g/mol. The maximum Gasteiger partial charge on any atom is 0.338 e. The van der Waals surface area contributed by atoms with Crippen LogP contribution in [0.5, 0.6) is 0 Å². The van der Waals surface area contributed by atoms with Gasteiger partial charge in [0.2, 0.25) is 5.78 Å². The Labute approximate surface area is 215 Å². The first-order valence-corrected chi connectivity index (χ1v) is 12.6. The van der Waals surface area contributed by atoms with Crippen LogP contribution < -0.4 is 0 Å². The minimum absolute atomic E-state index is 0.183. The Hall–Kier alpha value is -3.95. The number of hydrogen-bond donors (Lipinski definition) is 0. The fourth-order valence-corrected chi connectivity index (χ4v) is 4.67. The van der Waals surface area contributed by atoms with Gasteiger partial charge in [0.1, 0.15) is 5.71 Å². The molecule has 1 saturated carbocycles. The lowest BCUT2D eigenvalue weighted by atomic mass is 9.89. The molecule has 1 unspecified atom stereocenters. The van der Waals surface area contributed by atoms with E-state index in [1.54, 1.807) is 12.1 Å². The molecule has 0 saturated heterocycles. The number of benzene rings is 2.